The molecule has 1 N–H and O–H groups in total. The molecule has 0 saturated heterocycles. The van der Waals surface area contributed by atoms with Gasteiger partial charge in [0.15, 0.2) is 0 Å². The molecule has 19 heavy (non-hydrogen) atoms. The molecular weight excluding hydrogens is 238 g/mol. The van der Waals surface area contributed by atoms with Gasteiger partial charge in [-0.05, 0) is 32.9 Å². The van der Waals surface area contributed by atoms with E-state index in [1.54, 1.807) is 0 Å². The number of likely N-dealkylation sites (N-methyl/N-ethyl adjacent to an activating group) is 1. The Hall–Kier alpha value is -0.940. The second kappa shape index (κ2) is 9.04. The largest absolute Gasteiger partial charge is 0.311 e. The van der Waals surface area contributed by atoms with Gasteiger partial charge in [-0.25, -0.2) is 0 Å². The van der Waals surface area contributed by atoms with Crippen LogP contribution in [0.5, 0.6) is 0 Å². The minimum Gasteiger partial charge on any atom is -0.311 e. The Morgan fingerprint density at radius 1 is 1.32 bits per heavy atom. The highest BCUT2D eigenvalue weighted by Gasteiger charge is 2.10. The molecule has 1 aromatic heterocycles. The third-order valence-corrected chi connectivity index (χ3v) is 3.57. The molecule has 0 aliphatic rings. The molecule has 0 radical (unpaired) electrons. The number of hydrogen-bond acceptors (Lipinski definition) is 4. The Morgan fingerprint density at radius 2 is 2.05 bits per heavy atom. The van der Waals surface area contributed by atoms with Gasteiger partial charge >= 0.3 is 0 Å². The zero-order chi connectivity index (χ0) is 14.1. The van der Waals surface area contributed by atoms with E-state index in [4.69, 9.17) is 0 Å². The van der Waals surface area contributed by atoms with Crippen molar-refractivity contribution >= 4 is 0 Å². The van der Waals surface area contributed by atoms with Crippen LogP contribution < -0.4 is 5.32 Å². The summed E-state index contributed by atoms with van der Waals surface area (Å²) in [7, 11) is 2.19. The van der Waals surface area contributed by atoms with Gasteiger partial charge in [0, 0.05) is 25.3 Å². The first-order chi connectivity index (χ1) is 9.21. The fourth-order valence-corrected chi connectivity index (χ4v) is 2.28. The van der Waals surface area contributed by atoms with Crippen LogP contribution in [0.2, 0.25) is 0 Å². The average Bonchev–Trinajstić information content (AvgIpc) is 2.86. The molecule has 1 heterocycles. The molecule has 5 nitrogen and oxygen atoms in total. The summed E-state index contributed by atoms with van der Waals surface area (Å²) in [6, 6.07) is 0.675. The molecule has 0 aromatic carbocycles. The van der Waals surface area contributed by atoms with E-state index >= 15 is 0 Å². The van der Waals surface area contributed by atoms with Crippen molar-refractivity contribution in [2.45, 2.75) is 59.2 Å². The van der Waals surface area contributed by atoms with Crippen molar-refractivity contribution in [2.75, 3.05) is 20.1 Å². The number of nitrogens with zero attached hydrogens (tertiary/aromatic N) is 4. The Kier molecular flexibility index (Phi) is 7.67. The van der Waals surface area contributed by atoms with E-state index in [2.05, 4.69) is 48.3 Å². The first-order valence-corrected chi connectivity index (χ1v) is 7.51. The predicted molar refractivity (Wildman–Crippen MR) is 79.0 cm³/mol. The standard InChI is InChI=1S/C14H29N5/c1-5-8-15-11-13-12-19(17-16-13)10-9-18(4)14(6-2)7-3/h12,14-15H,5-11H2,1-4H3. The maximum absolute atomic E-state index is 4.18. The molecule has 110 valence electrons. The maximum atomic E-state index is 4.18. The fraction of sp³-hybridized carbons (Fsp3) is 0.857. The number of aromatic nitrogens is 3. The summed E-state index contributed by atoms with van der Waals surface area (Å²) in [5.74, 6) is 0. The van der Waals surface area contributed by atoms with E-state index < -0.39 is 0 Å². The predicted octanol–water partition coefficient (Wildman–Crippen LogP) is 1.90. The summed E-state index contributed by atoms with van der Waals surface area (Å²) in [5.41, 5.74) is 1.03. The highest BCUT2D eigenvalue weighted by Crippen LogP contribution is 2.05. The van der Waals surface area contributed by atoms with E-state index in [9.17, 15) is 0 Å². The molecule has 0 unspecified atom stereocenters. The summed E-state index contributed by atoms with van der Waals surface area (Å²) >= 11 is 0. The molecule has 5 heteroatoms. The molecule has 0 saturated carbocycles. The molecule has 0 bridgehead atoms. The minimum atomic E-state index is 0.675. The lowest BCUT2D eigenvalue weighted by atomic mass is 10.1. The molecule has 1 aromatic rings. The van der Waals surface area contributed by atoms with Crippen molar-refractivity contribution in [1.82, 2.24) is 25.2 Å². The molecule has 0 spiro atoms. The summed E-state index contributed by atoms with van der Waals surface area (Å²) in [6.45, 7) is 10.4. The lowest BCUT2D eigenvalue weighted by Crippen LogP contribution is -2.33. The Labute approximate surface area is 117 Å². The van der Waals surface area contributed by atoms with Gasteiger partial charge in [-0.2, -0.15) is 0 Å². The zero-order valence-corrected chi connectivity index (χ0v) is 12.9. The Bertz CT molecular complexity index is 332. The maximum Gasteiger partial charge on any atom is 0.0964 e. The summed E-state index contributed by atoms with van der Waals surface area (Å²) < 4.78 is 1.95. The highest BCUT2D eigenvalue weighted by atomic mass is 15.4. The van der Waals surface area contributed by atoms with Crippen LogP contribution in [0, 0.1) is 0 Å². The second-order valence-corrected chi connectivity index (χ2v) is 5.10. The van der Waals surface area contributed by atoms with E-state index in [1.165, 1.54) is 12.8 Å². The van der Waals surface area contributed by atoms with Gasteiger partial charge in [-0.15, -0.1) is 5.10 Å². The van der Waals surface area contributed by atoms with Gasteiger partial charge in [0.25, 0.3) is 0 Å². The molecule has 0 aliphatic heterocycles. The van der Waals surface area contributed by atoms with E-state index in [0.717, 1.165) is 38.3 Å². The Morgan fingerprint density at radius 3 is 2.68 bits per heavy atom. The van der Waals surface area contributed by atoms with Crippen molar-refractivity contribution in [3.05, 3.63) is 11.9 Å². The highest BCUT2D eigenvalue weighted by molar-refractivity contribution is 4.91. The van der Waals surface area contributed by atoms with Crippen LogP contribution in [-0.2, 0) is 13.1 Å². The van der Waals surface area contributed by atoms with Crippen molar-refractivity contribution in [3.8, 4) is 0 Å². The summed E-state index contributed by atoms with van der Waals surface area (Å²) in [4.78, 5) is 2.41. The Balaban J connectivity index is 2.33. The van der Waals surface area contributed by atoms with Crippen molar-refractivity contribution in [1.29, 1.82) is 0 Å². The van der Waals surface area contributed by atoms with Gasteiger partial charge in [-0.3, -0.25) is 4.68 Å². The molecule has 0 amide bonds. The smallest absolute Gasteiger partial charge is 0.0964 e. The molecule has 0 aliphatic carbocycles. The van der Waals surface area contributed by atoms with Crippen LogP contribution >= 0.6 is 0 Å². The van der Waals surface area contributed by atoms with Crippen LogP contribution in [-0.4, -0.2) is 46.1 Å². The molecule has 0 atom stereocenters. The zero-order valence-electron chi connectivity index (χ0n) is 12.9. The van der Waals surface area contributed by atoms with Crippen LogP contribution in [0.15, 0.2) is 6.20 Å². The van der Waals surface area contributed by atoms with Gasteiger partial charge in [0.1, 0.15) is 0 Å². The first-order valence-electron chi connectivity index (χ1n) is 7.51. The first kappa shape index (κ1) is 16.1. The van der Waals surface area contributed by atoms with E-state index in [0.29, 0.717) is 6.04 Å². The molecule has 0 fully saturated rings. The topological polar surface area (TPSA) is 46.0 Å². The lowest BCUT2D eigenvalue weighted by Gasteiger charge is -2.25. The number of hydrogen-bond donors (Lipinski definition) is 1. The van der Waals surface area contributed by atoms with Crippen molar-refractivity contribution < 1.29 is 0 Å². The van der Waals surface area contributed by atoms with Gasteiger partial charge < -0.3 is 10.2 Å². The normalized spacial score (nSPS) is 11.7. The minimum absolute atomic E-state index is 0.675. The van der Waals surface area contributed by atoms with Crippen LogP contribution in [0.1, 0.15) is 45.7 Å². The second-order valence-electron chi connectivity index (χ2n) is 5.10. The monoisotopic (exact) mass is 267 g/mol. The van der Waals surface area contributed by atoms with Crippen molar-refractivity contribution in [2.24, 2.45) is 0 Å². The average molecular weight is 267 g/mol. The molecule has 1 rings (SSSR count). The van der Waals surface area contributed by atoms with Gasteiger partial charge in [0.05, 0.1) is 12.2 Å². The van der Waals surface area contributed by atoms with Crippen LogP contribution in [0.25, 0.3) is 0 Å². The number of rotatable bonds is 10. The summed E-state index contributed by atoms with van der Waals surface area (Å²) in [5, 5.41) is 11.7. The third kappa shape index (κ3) is 5.70. The molecular formula is C14H29N5. The summed E-state index contributed by atoms with van der Waals surface area (Å²) in [6.07, 6.45) is 5.60. The lowest BCUT2D eigenvalue weighted by molar-refractivity contribution is 0.218. The fourth-order valence-electron chi connectivity index (χ4n) is 2.28. The van der Waals surface area contributed by atoms with E-state index in [1.807, 2.05) is 10.9 Å². The van der Waals surface area contributed by atoms with Gasteiger partial charge in [-0.1, -0.05) is 26.0 Å². The van der Waals surface area contributed by atoms with Crippen LogP contribution in [0.4, 0.5) is 0 Å². The third-order valence-electron chi connectivity index (χ3n) is 3.57. The van der Waals surface area contributed by atoms with Crippen LogP contribution in [0.3, 0.4) is 0 Å². The van der Waals surface area contributed by atoms with Crippen molar-refractivity contribution in [3.63, 3.8) is 0 Å². The number of nitrogens with one attached hydrogen (secondary N) is 1. The quantitative estimate of drug-likeness (QED) is 0.658. The van der Waals surface area contributed by atoms with Gasteiger partial charge in [0.2, 0.25) is 0 Å². The SMILES string of the molecule is CCCNCc1cn(CCN(C)C(CC)CC)nn1. The van der Waals surface area contributed by atoms with E-state index in [-0.39, 0.29) is 0 Å².